The van der Waals surface area contributed by atoms with Crippen molar-refractivity contribution in [1.82, 2.24) is 10.3 Å². The predicted octanol–water partition coefficient (Wildman–Crippen LogP) is 3.11. The van der Waals surface area contributed by atoms with Crippen molar-refractivity contribution in [2.24, 2.45) is 0 Å². The molecule has 7 nitrogen and oxygen atoms in total. The molecule has 2 heterocycles. The Hall–Kier alpha value is -2.74. The molecule has 164 valence electrons. The molecule has 1 aromatic heterocycles. The third-order valence-corrected chi connectivity index (χ3v) is 6.70. The number of esters is 1. The van der Waals surface area contributed by atoms with E-state index in [2.05, 4.69) is 28.5 Å². The van der Waals surface area contributed by atoms with Gasteiger partial charge < -0.3 is 10.1 Å². The number of nitrogens with zero attached hydrogens (tertiary/aromatic N) is 2. The molecule has 1 aliphatic heterocycles. The van der Waals surface area contributed by atoms with Crippen molar-refractivity contribution in [2.75, 3.05) is 18.1 Å². The molecule has 0 spiro atoms. The second-order valence-electron chi connectivity index (χ2n) is 8.13. The molecule has 8 heteroatoms. The average molecular weight is 442 g/mol. The highest BCUT2D eigenvalue weighted by atomic mass is 32.1. The first-order valence-electron chi connectivity index (χ1n) is 10.8. The number of ether oxygens (including phenoxy) is 1. The number of aromatic nitrogens is 1. The van der Waals surface area contributed by atoms with Crippen LogP contribution in [0.2, 0.25) is 0 Å². The summed E-state index contributed by atoms with van der Waals surface area (Å²) in [7, 11) is 0. The minimum absolute atomic E-state index is 0.0216. The lowest BCUT2D eigenvalue weighted by Crippen LogP contribution is -2.31. The summed E-state index contributed by atoms with van der Waals surface area (Å²) in [5.41, 5.74) is 4.38. The summed E-state index contributed by atoms with van der Waals surface area (Å²) in [6, 6.07) is 6.24. The molecular formula is C23H27N3O4S. The first kappa shape index (κ1) is 21.5. The molecule has 1 atom stereocenters. The smallest absolute Gasteiger partial charge is 0.312 e. The fraction of sp³-hybridized carbons (Fsp3) is 0.478. The zero-order valence-corrected chi connectivity index (χ0v) is 18.5. The number of fused-ring (bicyclic) bond motifs is 1. The van der Waals surface area contributed by atoms with Gasteiger partial charge in [0.25, 0.3) is 5.91 Å². The highest BCUT2D eigenvalue weighted by molar-refractivity contribution is 7.14. The number of hydrogen-bond acceptors (Lipinski definition) is 6. The van der Waals surface area contributed by atoms with E-state index in [1.54, 1.807) is 10.3 Å². The van der Waals surface area contributed by atoms with Gasteiger partial charge in [-0.15, -0.1) is 11.3 Å². The van der Waals surface area contributed by atoms with Crippen LogP contribution in [0.3, 0.4) is 0 Å². The molecule has 2 aliphatic rings. The van der Waals surface area contributed by atoms with E-state index in [0.29, 0.717) is 23.8 Å². The van der Waals surface area contributed by atoms with Gasteiger partial charge in [0.1, 0.15) is 0 Å². The van der Waals surface area contributed by atoms with Gasteiger partial charge in [-0.3, -0.25) is 19.3 Å². The monoisotopic (exact) mass is 441 g/mol. The Balaban J connectivity index is 1.23. The van der Waals surface area contributed by atoms with E-state index < -0.39 is 5.97 Å². The van der Waals surface area contributed by atoms with Gasteiger partial charge in [-0.2, -0.15) is 0 Å². The van der Waals surface area contributed by atoms with Crippen molar-refractivity contribution < 1.29 is 19.1 Å². The van der Waals surface area contributed by atoms with Crippen LogP contribution in [-0.4, -0.2) is 35.9 Å². The lowest BCUT2D eigenvalue weighted by Gasteiger charge is -2.20. The summed E-state index contributed by atoms with van der Waals surface area (Å²) in [6.07, 6.45) is 6.01. The van der Waals surface area contributed by atoms with Crippen LogP contribution in [0, 0.1) is 0 Å². The number of thiazole rings is 1. The molecule has 0 radical (unpaired) electrons. The standard InChI is InChI=1S/C23H27N3O4S/c1-15(17-9-8-16-5-2-3-6-18(16)11-17)24-20(27)13-30-22(29)12-19-14-31-23(25-19)26-10-4-7-21(26)28/h8-9,11,14-15H,2-7,10,12-13H2,1H3,(H,24,27). The number of aryl methyl sites for hydroxylation is 2. The Kier molecular flexibility index (Phi) is 6.65. The van der Waals surface area contributed by atoms with Crippen LogP contribution in [0.15, 0.2) is 23.6 Å². The molecule has 4 rings (SSSR count). The van der Waals surface area contributed by atoms with E-state index in [1.165, 1.54) is 35.3 Å². The van der Waals surface area contributed by atoms with Crippen LogP contribution in [0.4, 0.5) is 5.13 Å². The second-order valence-corrected chi connectivity index (χ2v) is 8.97. The molecule has 0 bridgehead atoms. The Labute approximate surface area is 185 Å². The number of nitrogens with one attached hydrogen (secondary N) is 1. The number of anilines is 1. The van der Waals surface area contributed by atoms with Crippen molar-refractivity contribution in [3.8, 4) is 0 Å². The van der Waals surface area contributed by atoms with Crippen LogP contribution in [0.25, 0.3) is 0 Å². The zero-order valence-electron chi connectivity index (χ0n) is 17.7. The Bertz CT molecular complexity index is 987. The molecule has 2 amide bonds. The van der Waals surface area contributed by atoms with E-state index in [0.717, 1.165) is 24.8 Å². The van der Waals surface area contributed by atoms with Crippen molar-refractivity contribution >= 4 is 34.3 Å². The highest BCUT2D eigenvalue weighted by Gasteiger charge is 2.24. The van der Waals surface area contributed by atoms with Crippen LogP contribution in [-0.2, 0) is 38.4 Å². The topological polar surface area (TPSA) is 88.6 Å². The lowest BCUT2D eigenvalue weighted by molar-refractivity contribution is -0.148. The minimum Gasteiger partial charge on any atom is -0.455 e. The summed E-state index contributed by atoms with van der Waals surface area (Å²) >= 11 is 1.34. The van der Waals surface area contributed by atoms with E-state index in [9.17, 15) is 14.4 Å². The Morgan fingerprint density at radius 2 is 2.00 bits per heavy atom. The van der Waals surface area contributed by atoms with Gasteiger partial charge in [0.05, 0.1) is 18.2 Å². The van der Waals surface area contributed by atoms with Crippen LogP contribution < -0.4 is 10.2 Å². The summed E-state index contributed by atoms with van der Waals surface area (Å²) in [5, 5.41) is 5.26. The first-order valence-corrected chi connectivity index (χ1v) is 11.7. The Morgan fingerprint density at radius 1 is 1.19 bits per heavy atom. The minimum atomic E-state index is -0.513. The van der Waals surface area contributed by atoms with Gasteiger partial charge in [-0.05, 0) is 55.7 Å². The fourth-order valence-corrected chi connectivity index (χ4v) is 4.95. The number of amides is 2. The number of rotatable bonds is 7. The number of carbonyl (C=O) groups excluding carboxylic acids is 3. The first-order chi connectivity index (χ1) is 15.0. The maximum atomic E-state index is 12.2. The van der Waals surface area contributed by atoms with Gasteiger partial charge >= 0.3 is 5.97 Å². The van der Waals surface area contributed by atoms with Crippen molar-refractivity contribution in [1.29, 1.82) is 0 Å². The van der Waals surface area contributed by atoms with Crippen LogP contribution in [0.5, 0.6) is 0 Å². The predicted molar refractivity (Wildman–Crippen MR) is 118 cm³/mol. The largest absolute Gasteiger partial charge is 0.455 e. The molecule has 1 fully saturated rings. The van der Waals surface area contributed by atoms with E-state index in [1.807, 2.05) is 6.92 Å². The summed E-state index contributed by atoms with van der Waals surface area (Å²) in [6.45, 7) is 2.27. The summed E-state index contributed by atoms with van der Waals surface area (Å²) in [5.74, 6) is -0.783. The van der Waals surface area contributed by atoms with Crippen molar-refractivity contribution in [3.05, 3.63) is 46.0 Å². The lowest BCUT2D eigenvalue weighted by atomic mass is 9.89. The second kappa shape index (κ2) is 9.60. The molecule has 0 saturated carbocycles. The maximum Gasteiger partial charge on any atom is 0.312 e. The quantitative estimate of drug-likeness (QED) is 0.667. The highest BCUT2D eigenvalue weighted by Crippen LogP contribution is 2.26. The molecule has 1 aliphatic carbocycles. The molecule has 1 N–H and O–H groups in total. The number of carbonyl (C=O) groups is 3. The van der Waals surface area contributed by atoms with Gasteiger partial charge in [0, 0.05) is 18.3 Å². The molecular weight excluding hydrogens is 414 g/mol. The number of hydrogen-bond donors (Lipinski definition) is 1. The molecule has 1 unspecified atom stereocenters. The fourth-order valence-electron chi connectivity index (χ4n) is 4.09. The molecule has 1 saturated heterocycles. The number of benzene rings is 1. The third kappa shape index (κ3) is 5.31. The molecule has 1 aromatic carbocycles. The molecule has 31 heavy (non-hydrogen) atoms. The van der Waals surface area contributed by atoms with Gasteiger partial charge in [-0.1, -0.05) is 18.2 Å². The maximum absolute atomic E-state index is 12.2. The van der Waals surface area contributed by atoms with E-state index in [-0.39, 0.29) is 30.9 Å². The van der Waals surface area contributed by atoms with Gasteiger partial charge in [0.2, 0.25) is 5.91 Å². The van der Waals surface area contributed by atoms with Crippen molar-refractivity contribution in [3.63, 3.8) is 0 Å². The van der Waals surface area contributed by atoms with Crippen LogP contribution >= 0.6 is 11.3 Å². The molecule has 2 aromatic rings. The average Bonchev–Trinajstić information content (AvgIpc) is 3.40. The SMILES string of the molecule is CC(NC(=O)COC(=O)Cc1csc(N2CCCC2=O)n1)c1ccc2c(c1)CCCC2. The summed E-state index contributed by atoms with van der Waals surface area (Å²) < 4.78 is 5.12. The Morgan fingerprint density at radius 3 is 2.77 bits per heavy atom. The van der Waals surface area contributed by atoms with Gasteiger partial charge in [-0.25, -0.2) is 4.98 Å². The third-order valence-electron chi connectivity index (χ3n) is 5.78. The van der Waals surface area contributed by atoms with Gasteiger partial charge in [0.15, 0.2) is 11.7 Å². The van der Waals surface area contributed by atoms with E-state index >= 15 is 0 Å². The normalized spacial score (nSPS) is 16.7. The summed E-state index contributed by atoms with van der Waals surface area (Å²) in [4.78, 5) is 42.2. The zero-order chi connectivity index (χ0) is 21.8. The van der Waals surface area contributed by atoms with Crippen LogP contribution in [0.1, 0.15) is 61.0 Å². The van der Waals surface area contributed by atoms with Crippen molar-refractivity contribution in [2.45, 2.75) is 57.9 Å². The van der Waals surface area contributed by atoms with E-state index in [4.69, 9.17) is 4.74 Å².